The minimum Gasteiger partial charge on any atom is -0.464 e. The lowest BCUT2D eigenvalue weighted by Gasteiger charge is -2.20. The number of carbonyl (C=O) groups is 1. The maximum absolute atomic E-state index is 13.8. The summed E-state index contributed by atoms with van der Waals surface area (Å²) in [6.45, 7) is 3.57. The summed E-state index contributed by atoms with van der Waals surface area (Å²) in [6, 6.07) is 4.74. The molecule has 1 aromatic carbocycles. The first-order valence-electron chi connectivity index (χ1n) is 8.18. The van der Waals surface area contributed by atoms with Crippen LogP contribution in [-0.4, -0.2) is 27.8 Å². The smallest absolute Gasteiger partial charge is 0.357 e. The number of hydrogen-bond acceptors (Lipinski definition) is 5. The fourth-order valence-electron chi connectivity index (χ4n) is 3.00. The molecule has 6 nitrogen and oxygen atoms in total. The highest BCUT2D eigenvalue weighted by Gasteiger charge is 2.28. The molecule has 27 heavy (non-hydrogen) atoms. The average molecular weight is 393 g/mol. The standard InChI is InChI=1S/C18H17F2N3O3S/c1-4-14(10-5-6-11(19)12(20)8-10)23-16(17(24)25-3)15(21-18(23)27)13-7-9(2)26-22-13/h5-8,14H,4H2,1-3H3,(H,21,27). The summed E-state index contributed by atoms with van der Waals surface area (Å²) in [5.41, 5.74) is 1.33. The van der Waals surface area contributed by atoms with Gasteiger partial charge >= 0.3 is 5.97 Å². The van der Waals surface area contributed by atoms with Crippen LogP contribution in [0.1, 0.15) is 41.2 Å². The van der Waals surface area contributed by atoms with Gasteiger partial charge < -0.3 is 18.8 Å². The molecule has 2 heterocycles. The highest BCUT2D eigenvalue weighted by atomic mass is 32.1. The van der Waals surface area contributed by atoms with Gasteiger partial charge in [-0.25, -0.2) is 13.6 Å². The lowest BCUT2D eigenvalue weighted by atomic mass is 10.0. The molecule has 0 aliphatic heterocycles. The Labute approximate surface area is 158 Å². The SMILES string of the molecule is CCC(c1ccc(F)c(F)c1)n1c(C(=O)OC)c(-c2cc(C)on2)[nH]c1=S. The second-order valence-electron chi connectivity index (χ2n) is 5.94. The largest absolute Gasteiger partial charge is 0.464 e. The zero-order valence-electron chi connectivity index (χ0n) is 14.9. The number of aromatic amines is 1. The zero-order valence-corrected chi connectivity index (χ0v) is 15.7. The number of methoxy groups -OCH3 is 1. The average Bonchev–Trinajstić information content (AvgIpc) is 3.22. The van der Waals surface area contributed by atoms with E-state index in [9.17, 15) is 13.6 Å². The molecule has 9 heteroatoms. The number of esters is 1. The molecule has 0 amide bonds. The first-order chi connectivity index (χ1) is 12.9. The van der Waals surface area contributed by atoms with Crippen LogP contribution in [0.5, 0.6) is 0 Å². The van der Waals surface area contributed by atoms with Gasteiger partial charge in [-0.1, -0.05) is 18.1 Å². The molecule has 0 aliphatic carbocycles. The number of carbonyl (C=O) groups excluding carboxylic acids is 1. The fraction of sp³-hybridized carbons (Fsp3) is 0.278. The van der Waals surface area contributed by atoms with Crippen LogP contribution in [0.2, 0.25) is 0 Å². The lowest BCUT2D eigenvalue weighted by molar-refractivity contribution is 0.0587. The van der Waals surface area contributed by atoms with E-state index in [2.05, 4.69) is 10.1 Å². The number of nitrogens with one attached hydrogen (secondary N) is 1. The molecule has 0 saturated heterocycles. The molecule has 0 aliphatic rings. The number of hydrogen-bond donors (Lipinski definition) is 1. The lowest BCUT2D eigenvalue weighted by Crippen LogP contribution is -2.18. The topological polar surface area (TPSA) is 73.1 Å². The monoisotopic (exact) mass is 393 g/mol. The number of halogens is 2. The molecule has 1 N–H and O–H groups in total. The molecule has 0 radical (unpaired) electrons. The molecule has 0 saturated carbocycles. The molecule has 3 aromatic rings. The Hall–Kier alpha value is -2.81. The van der Waals surface area contributed by atoms with Crippen LogP contribution in [0.4, 0.5) is 8.78 Å². The van der Waals surface area contributed by atoms with Crippen molar-refractivity contribution in [3.05, 3.63) is 57.7 Å². The van der Waals surface area contributed by atoms with Crippen molar-refractivity contribution in [3.8, 4) is 11.4 Å². The quantitative estimate of drug-likeness (QED) is 0.508. The second-order valence-corrected chi connectivity index (χ2v) is 6.32. The predicted molar refractivity (Wildman–Crippen MR) is 96.0 cm³/mol. The van der Waals surface area contributed by atoms with Gasteiger partial charge in [0.25, 0.3) is 0 Å². The molecule has 3 rings (SSSR count). The van der Waals surface area contributed by atoms with Crippen LogP contribution in [0.3, 0.4) is 0 Å². The Bertz CT molecular complexity index is 1050. The predicted octanol–water partition coefficient (Wildman–Crippen LogP) is 4.57. The van der Waals surface area contributed by atoms with E-state index in [1.807, 2.05) is 6.92 Å². The minimum atomic E-state index is -0.972. The van der Waals surface area contributed by atoms with Crippen molar-refractivity contribution in [2.24, 2.45) is 0 Å². The van der Waals surface area contributed by atoms with E-state index in [-0.39, 0.29) is 10.5 Å². The molecule has 0 spiro atoms. The number of rotatable bonds is 5. The van der Waals surface area contributed by atoms with Crippen LogP contribution >= 0.6 is 12.2 Å². The summed E-state index contributed by atoms with van der Waals surface area (Å²) in [4.78, 5) is 15.5. The third kappa shape index (κ3) is 3.42. The molecular weight excluding hydrogens is 376 g/mol. The molecule has 0 bridgehead atoms. The van der Waals surface area contributed by atoms with Crippen molar-refractivity contribution in [1.29, 1.82) is 0 Å². The van der Waals surface area contributed by atoms with Crippen LogP contribution in [0, 0.1) is 23.3 Å². The molecule has 142 valence electrons. The van der Waals surface area contributed by atoms with E-state index < -0.39 is 23.6 Å². The van der Waals surface area contributed by atoms with Crippen molar-refractivity contribution in [3.63, 3.8) is 0 Å². The van der Waals surface area contributed by atoms with Gasteiger partial charge in [0.05, 0.1) is 13.2 Å². The molecule has 1 atom stereocenters. The summed E-state index contributed by atoms with van der Waals surface area (Å²) >= 11 is 5.41. The van der Waals surface area contributed by atoms with Gasteiger partial charge in [-0.2, -0.15) is 0 Å². The van der Waals surface area contributed by atoms with E-state index in [4.69, 9.17) is 21.5 Å². The summed E-state index contributed by atoms with van der Waals surface area (Å²) in [5, 5.41) is 3.92. The van der Waals surface area contributed by atoms with Crippen LogP contribution in [-0.2, 0) is 4.74 Å². The Morgan fingerprint density at radius 2 is 2.11 bits per heavy atom. The highest BCUT2D eigenvalue weighted by molar-refractivity contribution is 7.71. The van der Waals surface area contributed by atoms with Crippen molar-refractivity contribution >= 4 is 18.2 Å². The van der Waals surface area contributed by atoms with Crippen LogP contribution in [0.25, 0.3) is 11.4 Å². The van der Waals surface area contributed by atoms with Gasteiger partial charge in [0.15, 0.2) is 22.1 Å². The maximum atomic E-state index is 13.8. The van der Waals surface area contributed by atoms with Gasteiger partial charge in [0.1, 0.15) is 17.1 Å². The number of H-pyrrole nitrogens is 1. The van der Waals surface area contributed by atoms with Gasteiger partial charge in [0, 0.05) is 6.07 Å². The molecule has 0 fully saturated rings. The van der Waals surface area contributed by atoms with Gasteiger partial charge in [-0.15, -0.1) is 0 Å². The third-order valence-corrected chi connectivity index (χ3v) is 4.52. The number of nitrogens with zero attached hydrogens (tertiary/aromatic N) is 2. The van der Waals surface area contributed by atoms with Crippen molar-refractivity contribution in [2.45, 2.75) is 26.3 Å². The van der Waals surface area contributed by atoms with Gasteiger partial charge in [0.2, 0.25) is 0 Å². The first-order valence-corrected chi connectivity index (χ1v) is 8.59. The highest BCUT2D eigenvalue weighted by Crippen LogP contribution is 2.31. The van der Waals surface area contributed by atoms with Crippen molar-refractivity contribution < 1.29 is 22.8 Å². The fourth-order valence-corrected chi connectivity index (χ4v) is 3.32. The number of aromatic nitrogens is 3. The normalized spacial score (nSPS) is 12.2. The molecular formula is C18H17F2N3O3S. The second kappa shape index (κ2) is 7.43. The van der Waals surface area contributed by atoms with Gasteiger partial charge in [-0.3, -0.25) is 0 Å². The van der Waals surface area contributed by atoms with Crippen molar-refractivity contribution in [2.75, 3.05) is 7.11 Å². The summed E-state index contributed by atoms with van der Waals surface area (Å²) < 4.78 is 38.8. The summed E-state index contributed by atoms with van der Waals surface area (Å²) in [6.07, 6.45) is 0.471. The number of benzene rings is 1. The van der Waals surface area contributed by atoms with E-state index in [0.717, 1.165) is 12.1 Å². The zero-order chi connectivity index (χ0) is 19.7. The maximum Gasteiger partial charge on any atom is 0.357 e. The molecule has 2 aromatic heterocycles. The minimum absolute atomic E-state index is 0.132. The van der Waals surface area contributed by atoms with E-state index in [1.165, 1.54) is 17.7 Å². The third-order valence-electron chi connectivity index (χ3n) is 4.22. The van der Waals surface area contributed by atoms with E-state index in [1.54, 1.807) is 13.0 Å². The molecule has 1 unspecified atom stereocenters. The Morgan fingerprint density at radius 3 is 2.67 bits per heavy atom. The van der Waals surface area contributed by atoms with Gasteiger partial charge in [-0.05, 0) is 43.3 Å². The Morgan fingerprint density at radius 1 is 1.37 bits per heavy atom. The number of aryl methyl sites for hydroxylation is 1. The summed E-state index contributed by atoms with van der Waals surface area (Å²) in [7, 11) is 1.25. The number of ether oxygens (including phenoxy) is 1. The number of imidazole rings is 1. The van der Waals surface area contributed by atoms with Crippen LogP contribution in [0.15, 0.2) is 28.8 Å². The van der Waals surface area contributed by atoms with Crippen molar-refractivity contribution in [1.82, 2.24) is 14.7 Å². The van der Waals surface area contributed by atoms with E-state index >= 15 is 0 Å². The Balaban J connectivity index is 2.24. The Kier molecular flexibility index (Phi) is 5.22. The summed E-state index contributed by atoms with van der Waals surface area (Å²) in [5.74, 6) is -2.00. The van der Waals surface area contributed by atoms with E-state index in [0.29, 0.717) is 29.1 Å². The first kappa shape index (κ1) is 19.0. The van der Waals surface area contributed by atoms with Crippen LogP contribution < -0.4 is 0 Å².